The van der Waals surface area contributed by atoms with E-state index in [1.54, 1.807) is 0 Å². The van der Waals surface area contributed by atoms with Gasteiger partial charge in [-0.25, -0.2) is 0 Å². The molecule has 5 heteroatoms. The van der Waals surface area contributed by atoms with Gasteiger partial charge < -0.3 is 14.4 Å². The molecule has 5 aromatic carbocycles. The normalized spacial score (nSPS) is 15.3. The molecule has 0 bridgehead atoms. The molecular formula is C47H44IrN2OSi-2. The topological polar surface area (TPSA) is 38.9 Å². The molecule has 1 saturated carbocycles. The number of hydrogen-bond acceptors (Lipinski definition) is 3. The van der Waals surface area contributed by atoms with Gasteiger partial charge in [0.15, 0.2) is 0 Å². The summed E-state index contributed by atoms with van der Waals surface area (Å²) in [5, 5.41) is 7.48. The maximum absolute atomic E-state index is 8.01. The Kier molecular flexibility index (Phi) is 9.02. The number of pyridine rings is 2. The first-order valence-electron chi connectivity index (χ1n) is 19.5. The number of nitrogens with zero attached hydrogens (tertiary/aromatic N) is 2. The van der Waals surface area contributed by atoms with Crippen LogP contribution in [0.25, 0.3) is 66.0 Å². The van der Waals surface area contributed by atoms with Gasteiger partial charge >= 0.3 is 0 Å². The van der Waals surface area contributed by atoms with E-state index in [1.807, 2.05) is 48.7 Å². The van der Waals surface area contributed by atoms with Crippen LogP contribution in [0.4, 0.5) is 0 Å². The zero-order valence-corrected chi connectivity index (χ0v) is 33.5. The molecule has 52 heavy (non-hydrogen) atoms. The van der Waals surface area contributed by atoms with Gasteiger partial charge in [0.25, 0.3) is 0 Å². The van der Waals surface area contributed by atoms with Crippen molar-refractivity contribution in [2.24, 2.45) is 0 Å². The predicted molar refractivity (Wildman–Crippen MR) is 217 cm³/mol. The second kappa shape index (κ2) is 14.5. The van der Waals surface area contributed by atoms with E-state index in [2.05, 4.69) is 109 Å². The molecule has 1 radical (unpaired) electrons. The van der Waals surface area contributed by atoms with Crippen LogP contribution in [-0.2, 0) is 25.5 Å². The van der Waals surface area contributed by atoms with Crippen molar-refractivity contribution < 1.29 is 28.6 Å². The molecule has 3 heterocycles. The number of aryl methyl sites for hydroxylation is 1. The van der Waals surface area contributed by atoms with Gasteiger partial charge in [-0.15, -0.1) is 54.1 Å². The Bertz CT molecular complexity index is 2640. The molecule has 0 unspecified atom stereocenters. The van der Waals surface area contributed by atoms with Crippen molar-refractivity contribution in [3.05, 3.63) is 139 Å². The summed E-state index contributed by atoms with van der Waals surface area (Å²) in [5.41, 5.74) is 7.26. The van der Waals surface area contributed by atoms with Crippen molar-refractivity contribution in [3.8, 4) is 22.5 Å². The summed E-state index contributed by atoms with van der Waals surface area (Å²) in [7, 11) is -1.96. The van der Waals surface area contributed by atoms with Gasteiger partial charge in [0.05, 0.1) is 13.7 Å². The number of rotatable bonds is 4. The van der Waals surface area contributed by atoms with Gasteiger partial charge in [-0.3, -0.25) is 0 Å². The minimum atomic E-state index is -2.20. The van der Waals surface area contributed by atoms with E-state index in [-0.39, 0.29) is 20.1 Å². The molecule has 0 N–H and O–H groups in total. The zero-order chi connectivity index (χ0) is 37.7. The second-order valence-electron chi connectivity index (χ2n) is 15.2. The van der Waals surface area contributed by atoms with Crippen LogP contribution < -0.4 is 5.19 Å². The molecular weight excluding hydrogens is 829 g/mol. The maximum atomic E-state index is 8.01. The molecule has 0 spiro atoms. The van der Waals surface area contributed by atoms with Crippen LogP contribution in [0.15, 0.2) is 120 Å². The Morgan fingerprint density at radius 1 is 0.731 bits per heavy atom. The van der Waals surface area contributed by atoms with Gasteiger partial charge in [-0.1, -0.05) is 123 Å². The summed E-state index contributed by atoms with van der Waals surface area (Å²) in [4.78, 5) is 9.10. The summed E-state index contributed by atoms with van der Waals surface area (Å²) in [6.07, 6.45) is 10.2. The number of aromatic nitrogens is 2. The van der Waals surface area contributed by atoms with Crippen LogP contribution in [0.2, 0.25) is 19.6 Å². The molecule has 3 nitrogen and oxygen atoms in total. The molecule has 1 fully saturated rings. The van der Waals surface area contributed by atoms with Crippen LogP contribution in [0.1, 0.15) is 54.3 Å². The van der Waals surface area contributed by atoms with Gasteiger partial charge in [0.1, 0.15) is 5.58 Å². The summed E-state index contributed by atoms with van der Waals surface area (Å²) >= 11 is 0. The van der Waals surface area contributed by atoms with Gasteiger partial charge in [-0.05, 0) is 69.8 Å². The average molecular weight is 876 g/mol. The Morgan fingerprint density at radius 2 is 1.50 bits per heavy atom. The number of benzene rings is 5. The van der Waals surface area contributed by atoms with E-state index in [9.17, 15) is 0 Å². The fourth-order valence-electron chi connectivity index (χ4n) is 7.82. The molecule has 8 aromatic rings. The van der Waals surface area contributed by atoms with Crippen molar-refractivity contribution >= 4 is 56.7 Å². The van der Waals surface area contributed by atoms with Crippen LogP contribution >= 0.6 is 0 Å². The second-order valence-corrected chi connectivity index (χ2v) is 20.3. The minimum absolute atomic E-state index is 0. The van der Waals surface area contributed by atoms with Gasteiger partial charge in [-0.2, -0.15) is 0 Å². The first-order chi connectivity index (χ1) is 25.9. The molecule has 0 amide bonds. The fourth-order valence-corrected chi connectivity index (χ4v) is 9.26. The molecule has 3 aromatic heterocycles. The quantitative estimate of drug-likeness (QED) is 0.100. The maximum Gasteiger partial charge on any atom is 0.129 e. The average Bonchev–Trinajstić information content (AvgIpc) is 3.57. The van der Waals surface area contributed by atoms with E-state index in [0.717, 1.165) is 60.1 Å². The predicted octanol–water partition coefficient (Wildman–Crippen LogP) is 12.4. The fraction of sp³-hybridized carbons (Fsp3) is 0.234. The molecule has 0 atom stereocenters. The summed E-state index contributed by atoms with van der Waals surface area (Å²) in [6.45, 7) is 6.68. The van der Waals surface area contributed by atoms with Crippen molar-refractivity contribution in [1.29, 1.82) is 0 Å². The van der Waals surface area contributed by atoms with E-state index >= 15 is 0 Å². The Balaban J connectivity index is 0.000000197. The number of furan rings is 1. The van der Waals surface area contributed by atoms with Crippen LogP contribution in [0.3, 0.4) is 0 Å². The third-order valence-electron chi connectivity index (χ3n) is 10.7. The molecule has 263 valence electrons. The standard InChI is InChI=1S/C29H24NOSi.C18H20N.Ir/c1-18-17-30-25(16-26(18)32(2,3)4)24-11-7-10-22-23-15-14-20-13-12-19-8-5-6-9-21(19)27(20)29(23)31-28(22)24;1-18(11-6-3-7-12-18)16-10-13-19-17(14-16)15-8-4-2-5-9-15;/h5-10,12-17H,1-4H3;2,4-5,8,10,13-14H,3,6-7,11-12H2,1H3;/q2*-1;/i1D3;;. The minimum Gasteiger partial charge on any atom is -0.500 e. The Labute approximate surface area is 326 Å². The molecule has 1 aliphatic rings. The molecule has 0 aliphatic heterocycles. The van der Waals surface area contributed by atoms with Gasteiger partial charge in [0.2, 0.25) is 0 Å². The third-order valence-corrected chi connectivity index (χ3v) is 12.7. The van der Waals surface area contributed by atoms with E-state index in [1.165, 1.54) is 49.3 Å². The van der Waals surface area contributed by atoms with E-state index in [4.69, 9.17) is 8.53 Å². The Hall–Kier alpha value is -4.41. The SMILES string of the molecule is CC1(c2ccnc(-c3[c-]cccc3)c2)CCCCC1.[2H]C([2H])([2H])c1cnc(-c2[c-]ccc3c2oc2c3ccc3ccc4ccccc4c32)cc1[Si](C)(C)C.[Ir]. The largest absolute Gasteiger partial charge is 0.500 e. The Morgan fingerprint density at radius 3 is 2.29 bits per heavy atom. The number of hydrogen-bond donors (Lipinski definition) is 0. The first kappa shape index (κ1) is 32.3. The van der Waals surface area contributed by atoms with E-state index < -0.39 is 14.9 Å². The zero-order valence-electron chi connectivity index (χ0n) is 33.1. The summed E-state index contributed by atoms with van der Waals surface area (Å²) < 4.78 is 30.6. The first-order valence-corrected chi connectivity index (χ1v) is 21.5. The van der Waals surface area contributed by atoms with Crippen molar-refractivity contribution in [1.82, 2.24) is 9.97 Å². The van der Waals surface area contributed by atoms with Crippen LogP contribution in [0.5, 0.6) is 0 Å². The summed E-state index contributed by atoms with van der Waals surface area (Å²) in [5.74, 6) is 0. The van der Waals surface area contributed by atoms with Crippen LogP contribution in [-0.4, -0.2) is 18.0 Å². The third kappa shape index (κ3) is 6.78. The molecule has 0 saturated heterocycles. The number of fused-ring (bicyclic) bond motifs is 7. The van der Waals surface area contributed by atoms with Crippen LogP contribution in [0, 0.1) is 19.0 Å². The monoisotopic (exact) mass is 876 g/mol. The van der Waals surface area contributed by atoms with Crippen molar-refractivity contribution in [2.45, 2.75) is 70.9 Å². The molecule has 9 rings (SSSR count). The summed E-state index contributed by atoms with van der Waals surface area (Å²) in [6, 6.07) is 41.9. The van der Waals surface area contributed by atoms with E-state index in [0.29, 0.717) is 16.7 Å². The van der Waals surface area contributed by atoms with Crippen molar-refractivity contribution in [2.75, 3.05) is 0 Å². The smallest absolute Gasteiger partial charge is 0.129 e. The van der Waals surface area contributed by atoms with Gasteiger partial charge in [0, 0.05) is 47.4 Å². The molecule has 1 aliphatic carbocycles. The van der Waals surface area contributed by atoms with Crippen molar-refractivity contribution in [3.63, 3.8) is 0 Å².